The van der Waals surface area contributed by atoms with Crippen LogP contribution in [0.4, 0.5) is 0 Å². The van der Waals surface area contributed by atoms with E-state index in [1.165, 1.54) is 4.80 Å². The van der Waals surface area contributed by atoms with Crippen molar-refractivity contribution in [2.45, 2.75) is 32.9 Å². The number of hydrogen-bond donors (Lipinski definition) is 0. The minimum Gasteiger partial charge on any atom is -0.264 e. The fourth-order valence-electron chi connectivity index (χ4n) is 0.706. The van der Waals surface area contributed by atoms with Crippen LogP contribution in [0.5, 0.6) is 0 Å². The van der Waals surface area contributed by atoms with Crippen LogP contribution in [0.2, 0.25) is 0 Å². The number of tetrazole rings is 1. The summed E-state index contributed by atoms with van der Waals surface area (Å²) in [6.07, 6.45) is 0. The van der Waals surface area contributed by atoms with Crippen molar-refractivity contribution < 1.29 is 4.92 Å². The molecule has 0 atom stereocenters. The lowest BCUT2D eigenvalue weighted by Crippen LogP contribution is -2.24. The molecule has 0 N–H and O–H groups in total. The zero-order chi connectivity index (χ0) is 10.1. The van der Waals surface area contributed by atoms with E-state index >= 15 is 0 Å². The second kappa shape index (κ2) is 3.08. The molecule has 0 saturated carbocycles. The Bertz CT molecular complexity index is 313. The predicted molar refractivity (Wildman–Crippen MR) is 43.5 cm³/mol. The topological polar surface area (TPSA) is 86.7 Å². The molecule has 0 radical (unpaired) electrons. The normalized spacial score (nSPS) is 11.6. The number of nitro groups is 1. The molecule has 0 aliphatic carbocycles. The molecular weight excluding hydrogens is 174 g/mol. The van der Waals surface area contributed by atoms with Gasteiger partial charge in [-0.2, -0.15) is 4.80 Å². The van der Waals surface area contributed by atoms with E-state index in [0.717, 1.165) is 0 Å². The Hall–Kier alpha value is -1.53. The Morgan fingerprint density at radius 1 is 1.54 bits per heavy atom. The average molecular weight is 185 g/mol. The fraction of sp³-hybridized carbons (Fsp3) is 0.833. The minimum atomic E-state index is -0.482. The largest absolute Gasteiger partial charge is 0.266 e. The summed E-state index contributed by atoms with van der Waals surface area (Å²) in [5, 5.41) is 21.3. The first kappa shape index (κ1) is 9.56. The van der Waals surface area contributed by atoms with Gasteiger partial charge in [0.15, 0.2) is 0 Å². The maximum atomic E-state index is 10.1. The van der Waals surface area contributed by atoms with Crippen LogP contribution in [-0.4, -0.2) is 25.1 Å². The summed E-state index contributed by atoms with van der Waals surface area (Å²) in [6, 6.07) is 0. The van der Waals surface area contributed by atoms with Crippen LogP contribution in [0.15, 0.2) is 0 Å². The molecule has 0 saturated heterocycles. The fourth-order valence-corrected chi connectivity index (χ4v) is 0.706. The maximum Gasteiger partial charge on any atom is 0.266 e. The van der Waals surface area contributed by atoms with Gasteiger partial charge in [-0.15, -0.1) is 10.2 Å². The molecule has 1 aromatic rings. The van der Waals surface area contributed by atoms with Gasteiger partial charge in [0.2, 0.25) is 5.82 Å². The number of hydrogen-bond acceptors (Lipinski definition) is 5. The van der Waals surface area contributed by atoms with Gasteiger partial charge in [0.05, 0.1) is 5.54 Å². The van der Waals surface area contributed by atoms with Crippen molar-refractivity contribution in [1.29, 1.82) is 0 Å². The van der Waals surface area contributed by atoms with Gasteiger partial charge in [0.1, 0.15) is 0 Å². The molecule has 0 amide bonds. The van der Waals surface area contributed by atoms with Crippen LogP contribution in [0.3, 0.4) is 0 Å². The summed E-state index contributed by atoms with van der Waals surface area (Å²) >= 11 is 0. The van der Waals surface area contributed by atoms with E-state index in [4.69, 9.17) is 0 Å². The Morgan fingerprint density at radius 3 is 2.54 bits per heavy atom. The van der Waals surface area contributed by atoms with E-state index in [2.05, 4.69) is 15.4 Å². The summed E-state index contributed by atoms with van der Waals surface area (Å²) in [5.41, 5.74) is -0.290. The summed E-state index contributed by atoms with van der Waals surface area (Å²) < 4.78 is 0. The second-order valence-corrected chi connectivity index (χ2v) is 3.66. The van der Waals surface area contributed by atoms with E-state index < -0.39 is 4.92 Å². The lowest BCUT2D eigenvalue weighted by Gasteiger charge is -2.15. The van der Waals surface area contributed by atoms with Crippen molar-refractivity contribution >= 4 is 0 Å². The third-order valence-corrected chi connectivity index (χ3v) is 1.33. The van der Waals surface area contributed by atoms with Crippen molar-refractivity contribution in [1.82, 2.24) is 20.2 Å². The quantitative estimate of drug-likeness (QED) is 0.485. The van der Waals surface area contributed by atoms with E-state index in [9.17, 15) is 10.1 Å². The van der Waals surface area contributed by atoms with Crippen LogP contribution < -0.4 is 0 Å². The van der Waals surface area contributed by atoms with Gasteiger partial charge in [0.25, 0.3) is 6.54 Å². The Morgan fingerprint density at radius 2 is 2.15 bits per heavy atom. The molecule has 72 valence electrons. The SMILES string of the molecule is CC(C)(C)n1nnc(C[N+](=O)[O-])n1. The summed E-state index contributed by atoms with van der Waals surface area (Å²) in [6.45, 7) is 5.30. The highest BCUT2D eigenvalue weighted by Gasteiger charge is 2.18. The van der Waals surface area contributed by atoms with Crippen LogP contribution in [0.1, 0.15) is 26.6 Å². The molecule has 0 aromatic carbocycles. The third-order valence-electron chi connectivity index (χ3n) is 1.33. The van der Waals surface area contributed by atoms with Crippen molar-refractivity contribution in [2.24, 2.45) is 0 Å². The van der Waals surface area contributed by atoms with Gasteiger partial charge in [-0.25, -0.2) is 0 Å². The molecule has 0 aliphatic rings. The van der Waals surface area contributed by atoms with Crippen molar-refractivity contribution in [2.75, 3.05) is 0 Å². The molecule has 0 unspecified atom stereocenters. The molecule has 13 heavy (non-hydrogen) atoms. The maximum absolute atomic E-state index is 10.1. The van der Waals surface area contributed by atoms with Crippen molar-refractivity contribution in [3.8, 4) is 0 Å². The van der Waals surface area contributed by atoms with Gasteiger partial charge in [-0.3, -0.25) is 10.1 Å². The van der Waals surface area contributed by atoms with Crippen molar-refractivity contribution in [3.63, 3.8) is 0 Å². The smallest absolute Gasteiger partial charge is 0.264 e. The molecule has 1 aromatic heterocycles. The Kier molecular flexibility index (Phi) is 2.26. The van der Waals surface area contributed by atoms with Crippen LogP contribution >= 0.6 is 0 Å². The molecule has 0 aliphatic heterocycles. The molecule has 0 spiro atoms. The standard InChI is InChI=1S/C6H11N5O2/c1-6(2,3)11-8-5(7-9-11)4-10(12)13/h4H2,1-3H3. The molecule has 0 bridgehead atoms. The predicted octanol–water partition coefficient (Wildman–Crippen LogP) is 0.205. The van der Waals surface area contributed by atoms with E-state index in [-0.39, 0.29) is 17.9 Å². The molecule has 7 heteroatoms. The highest BCUT2D eigenvalue weighted by molar-refractivity contribution is 4.75. The van der Waals surface area contributed by atoms with Gasteiger partial charge >= 0.3 is 0 Å². The molecule has 1 heterocycles. The van der Waals surface area contributed by atoms with E-state index in [0.29, 0.717) is 0 Å². The highest BCUT2D eigenvalue weighted by Crippen LogP contribution is 2.08. The summed E-state index contributed by atoms with van der Waals surface area (Å²) in [4.78, 5) is 11.0. The molecular formula is C6H11N5O2. The molecule has 7 nitrogen and oxygen atoms in total. The third kappa shape index (κ3) is 2.46. The van der Waals surface area contributed by atoms with Gasteiger partial charge < -0.3 is 0 Å². The highest BCUT2D eigenvalue weighted by atomic mass is 16.6. The van der Waals surface area contributed by atoms with Crippen LogP contribution in [-0.2, 0) is 12.1 Å². The van der Waals surface area contributed by atoms with E-state index in [1.54, 1.807) is 0 Å². The summed E-state index contributed by atoms with van der Waals surface area (Å²) in [5.74, 6) is 0.139. The van der Waals surface area contributed by atoms with Gasteiger partial charge in [0, 0.05) is 4.92 Å². The average Bonchev–Trinajstić information content (AvgIpc) is 2.32. The Labute approximate surface area is 74.9 Å². The second-order valence-electron chi connectivity index (χ2n) is 3.66. The molecule has 1 rings (SSSR count). The first-order valence-corrected chi connectivity index (χ1v) is 3.81. The van der Waals surface area contributed by atoms with Gasteiger partial charge in [-0.1, -0.05) is 0 Å². The zero-order valence-electron chi connectivity index (χ0n) is 7.76. The first-order valence-electron chi connectivity index (χ1n) is 3.81. The minimum absolute atomic E-state index is 0.139. The number of rotatable bonds is 2. The van der Waals surface area contributed by atoms with E-state index in [1.807, 2.05) is 20.8 Å². The number of nitrogens with zero attached hydrogens (tertiary/aromatic N) is 5. The van der Waals surface area contributed by atoms with Crippen molar-refractivity contribution in [3.05, 3.63) is 15.9 Å². The van der Waals surface area contributed by atoms with Crippen LogP contribution in [0.25, 0.3) is 0 Å². The molecule has 0 fully saturated rings. The zero-order valence-corrected chi connectivity index (χ0v) is 7.76. The lowest BCUT2D eigenvalue weighted by molar-refractivity contribution is -0.498. The van der Waals surface area contributed by atoms with Crippen LogP contribution in [0, 0.1) is 10.1 Å². The monoisotopic (exact) mass is 185 g/mol. The van der Waals surface area contributed by atoms with Gasteiger partial charge in [-0.05, 0) is 26.0 Å². The first-order chi connectivity index (χ1) is 5.89. The lowest BCUT2D eigenvalue weighted by atomic mass is 10.1. The summed E-state index contributed by atoms with van der Waals surface area (Å²) in [7, 11) is 0. The number of aromatic nitrogens is 4. The Balaban J connectivity index is 2.81.